The highest BCUT2D eigenvalue weighted by Gasteiger charge is 2.47. The Morgan fingerprint density at radius 2 is 2.10 bits per heavy atom. The summed E-state index contributed by atoms with van der Waals surface area (Å²) in [6, 6.07) is 0.401. The molecule has 2 aliphatic rings. The molecule has 0 bridgehead atoms. The van der Waals surface area contributed by atoms with Crippen molar-refractivity contribution >= 4 is 5.97 Å². The molecule has 0 aromatic rings. The van der Waals surface area contributed by atoms with E-state index in [-0.39, 0.29) is 5.54 Å². The van der Waals surface area contributed by atoms with Gasteiger partial charge in [-0.15, -0.1) is 0 Å². The molecule has 0 radical (unpaired) electrons. The third-order valence-corrected chi connectivity index (χ3v) is 5.47. The summed E-state index contributed by atoms with van der Waals surface area (Å²) in [5.74, 6) is -0.674. The summed E-state index contributed by atoms with van der Waals surface area (Å²) >= 11 is 0. The van der Waals surface area contributed by atoms with Crippen molar-refractivity contribution in [2.45, 2.75) is 63.6 Å². The molecule has 5 heteroatoms. The predicted octanol–water partition coefficient (Wildman–Crippen LogP) is 1.39. The highest BCUT2D eigenvalue weighted by molar-refractivity contribution is 5.79. The van der Waals surface area contributed by atoms with Crippen molar-refractivity contribution in [1.82, 2.24) is 15.1 Å². The number of hydrogen-bond donors (Lipinski definition) is 2. The number of carboxylic acid groups (broad SMARTS) is 1. The molecule has 0 amide bonds. The second-order valence-electron chi connectivity index (χ2n) is 7.42. The van der Waals surface area contributed by atoms with Crippen LogP contribution in [-0.4, -0.2) is 71.2 Å². The van der Waals surface area contributed by atoms with Crippen LogP contribution in [-0.2, 0) is 4.79 Å². The number of carbonyl (C=O) groups is 1. The first-order valence-corrected chi connectivity index (χ1v) is 8.24. The summed E-state index contributed by atoms with van der Waals surface area (Å²) < 4.78 is 0. The standard InChI is InChI=1S/C16H31N3O2/c1-5-8-17-16(14(20)21)7-6-13(11-16)19-10-9-18(4)15(2,3)12-19/h13,17H,5-12H2,1-4H3,(H,20,21). The molecule has 5 nitrogen and oxygen atoms in total. The molecule has 1 heterocycles. The Morgan fingerprint density at radius 3 is 2.67 bits per heavy atom. The molecule has 2 rings (SSSR count). The van der Waals surface area contributed by atoms with Crippen LogP contribution in [0.5, 0.6) is 0 Å². The summed E-state index contributed by atoms with van der Waals surface area (Å²) in [6.45, 7) is 10.5. The molecule has 0 spiro atoms. The van der Waals surface area contributed by atoms with Crippen molar-refractivity contribution in [2.75, 3.05) is 33.2 Å². The molecule has 122 valence electrons. The predicted molar refractivity (Wildman–Crippen MR) is 84.6 cm³/mol. The van der Waals surface area contributed by atoms with E-state index in [0.29, 0.717) is 6.04 Å². The molecule has 1 aliphatic heterocycles. The van der Waals surface area contributed by atoms with E-state index in [1.165, 1.54) is 0 Å². The van der Waals surface area contributed by atoms with E-state index < -0.39 is 11.5 Å². The summed E-state index contributed by atoms with van der Waals surface area (Å²) in [6.07, 6.45) is 3.45. The Morgan fingerprint density at radius 1 is 1.38 bits per heavy atom. The SMILES string of the molecule is CCCNC1(C(=O)O)CCC(N2CCN(C)C(C)(C)C2)C1. The maximum absolute atomic E-state index is 11.7. The Hall–Kier alpha value is -0.650. The van der Waals surface area contributed by atoms with Gasteiger partial charge in [-0.1, -0.05) is 6.92 Å². The first-order valence-electron chi connectivity index (χ1n) is 8.24. The van der Waals surface area contributed by atoms with Gasteiger partial charge >= 0.3 is 5.97 Å². The van der Waals surface area contributed by atoms with E-state index in [4.69, 9.17) is 0 Å². The minimum Gasteiger partial charge on any atom is -0.480 e. The largest absolute Gasteiger partial charge is 0.480 e. The van der Waals surface area contributed by atoms with Crippen molar-refractivity contribution in [3.63, 3.8) is 0 Å². The fourth-order valence-corrected chi connectivity index (χ4v) is 3.72. The van der Waals surface area contributed by atoms with E-state index in [9.17, 15) is 9.90 Å². The van der Waals surface area contributed by atoms with Crippen molar-refractivity contribution in [1.29, 1.82) is 0 Å². The summed E-state index contributed by atoms with van der Waals surface area (Å²) in [5.41, 5.74) is -0.530. The highest BCUT2D eigenvalue weighted by atomic mass is 16.4. The second kappa shape index (κ2) is 6.23. The lowest BCUT2D eigenvalue weighted by Crippen LogP contribution is -2.60. The normalized spacial score (nSPS) is 34.2. The third kappa shape index (κ3) is 3.41. The van der Waals surface area contributed by atoms with Crippen molar-refractivity contribution in [3.8, 4) is 0 Å². The zero-order valence-corrected chi connectivity index (χ0v) is 14.0. The second-order valence-corrected chi connectivity index (χ2v) is 7.42. The molecule has 2 unspecified atom stereocenters. The van der Waals surface area contributed by atoms with Crippen LogP contribution in [0, 0.1) is 0 Å². The van der Waals surface area contributed by atoms with Crippen LogP contribution >= 0.6 is 0 Å². The Labute approximate surface area is 128 Å². The molecule has 0 aromatic carbocycles. The smallest absolute Gasteiger partial charge is 0.323 e. The Balaban J connectivity index is 2.02. The fraction of sp³-hybridized carbons (Fsp3) is 0.938. The van der Waals surface area contributed by atoms with Gasteiger partial charge in [-0.2, -0.15) is 0 Å². The number of rotatable bonds is 5. The summed E-state index contributed by atoms with van der Waals surface area (Å²) in [4.78, 5) is 16.7. The van der Waals surface area contributed by atoms with Gasteiger partial charge in [-0.05, 0) is 53.1 Å². The van der Waals surface area contributed by atoms with Crippen LogP contribution in [0.1, 0.15) is 46.5 Å². The van der Waals surface area contributed by atoms with Crippen molar-refractivity contribution in [2.24, 2.45) is 0 Å². The van der Waals surface area contributed by atoms with Gasteiger partial charge in [0.05, 0.1) is 0 Å². The van der Waals surface area contributed by atoms with Gasteiger partial charge in [-0.3, -0.25) is 14.6 Å². The fourth-order valence-electron chi connectivity index (χ4n) is 3.72. The van der Waals surface area contributed by atoms with Gasteiger partial charge in [0.2, 0.25) is 0 Å². The van der Waals surface area contributed by atoms with Crippen LogP contribution < -0.4 is 5.32 Å². The van der Waals surface area contributed by atoms with E-state index in [1.807, 2.05) is 0 Å². The first kappa shape index (κ1) is 16.7. The lowest BCUT2D eigenvalue weighted by atomic mass is 9.95. The van der Waals surface area contributed by atoms with Crippen molar-refractivity contribution < 1.29 is 9.90 Å². The molecule has 1 saturated carbocycles. The number of carboxylic acids is 1. The van der Waals surface area contributed by atoms with Crippen LogP contribution in [0.2, 0.25) is 0 Å². The number of aliphatic carboxylic acids is 1. The average molecular weight is 297 g/mol. The highest BCUT2D eigenvalue weighted by Crippen LogP contribution is 2.35. The molecule has 2 atom stereocenters. The third-order valence-electron chi connectivity index (χ3n) is 5.47. The van der Waals surface area contributed by atoms with Crippen LogP contribution in [0.15, 0.2) is 0 Å². The minimum atomic E-state index is -0.700. The van der Waals surface area contributed by atoms with Crippen LogP contribution in [0.3, 0.4) is 0 Å². The molecule has 21 heavy (non-hydrogen) atoms. The quantitative estimate of drug-likeness (QED) is 0.803. The maximum Gasteiger partial charge on any atom is 0.323 e. The number of nitrogens with one attached hydrogen (secondary N) is 1. The number of nitrogens with zero attached hydrogens (tertiary/aromatic N) is 2. The lowest BCUT2D eigenvalue weighted by molar-refractivity contribution is -0.144. The maximum atomic E-state index is 11.7. The number of hydrogen-bond acceptors (Lipinski definition) is 4. The topological polar surface area (TPSA) is 55.8 Å². The van der Waals surface area contributed by atoms with E-state index >= 15 is 0 Å². The van der Waals surface area contributed by atoms with Gasteiger partial charge in [0.15, 0.2) is 0 Å². The average Bonchev–Trinajstić information content (AvgIpc) is 2.85. The molecular formula is C16H31N3O2. The van der Waals surface area contributed by atoms with Gasteiger partial charge in [0, 0.05) is 31.2 Å². The van der Waals surface area contributed by atoms with Gasteiger partial charge < -0.3 is 10.4 Å². The van der Waals surface area contributed by atoms with E-state index in [1.54, 1.807) is 0 Å². The van der Waals surface area contributed by atoms with E-state index in [2.05, 4.69) is 42.9 Å². The molecular weight excluding hydrogens is 266 g/mol. The lowest BCUT2D eigenvalue weighted by Gasteiger charge is -2.47. The minimum absolute atomic E-state index is 0.170. The molecule has 2 N–H and O–H groups in total. The van der Waals surface area contributed by atoms with E-state index in [0.717, 1.165) is 51.9 Å². The Bertz CT molecular complexity index is 386. The molecule has 1 aliphatic carbocycles. The van der Waals surface area contributed by atoms with Gasteiger partial charge in [0.1, 0.15) is 5.54 Å². The van der Waals surface area contributed by atoms with Crippen LogP contribution in [0.4, 0.5) is 0 Å². The Kier molecular flexibility index (Phi) is 4.96. The van der Waals surface area contributed by atoms with Crippen LogP contribution in [0.25, 0.3) is 0 Å². The monoisotopic (exact) mass is 297 g/mol. The van der Waals surface area contributed by atoms with Gasteiger partial charge in [0.25, 0.3) is 0 Å². The molecule has 2 fully saturated rings. The van der Waals surface area contributed by atoms with Crippen molar-refractivity contribution in [3.05, 3.63) is 0 Å². The first-order chi connectivity index (χ1) is 9.81. The number of likely N-dealkylation sites (N-methyl/N-ethyl adjacent to an activating group) is 1. The van der Waals surface area contributed by atoms with Gasteiger partial charge in [-0.25, -0.2) is 0 Å². The zero-order valence-electron chi connectivity index (χ0n) is 14.0. The molecule has 1 saturated heterocycles. The zero-order chi connectivity index (χ0) is 15.7. The molecule has 0 aromatic heterocycles. The summed E-state index contributed by atoms with van der Waals surface area (Å²) in [5, 5.41) is 13.0. The summed E-state index contributed by atoms with van der Waals surface area (Å²) in [7, 11) is 2.18. The number of piperazine rings is 1.